The van der Waals surface area contributed by atoms with Crippen molar-refractivity contribution < 1.29 is 27.1 Å². The maximum Gasteiger partial charge on any atom is 0.264 e. The highest BCUT2D eigenvalue weighted by atomic mass is 32.2. The summed E-state index contributed by atoms with van der Waals surface area (Å²) in [6.45, 7) is 5.69. The third-order valence-electron chi connectivity index (χ3n) is 6.31. The molecule has 3 aromatic rings. The number of carbonyl (C=O) groups is 2. The lowest BCUT2D eigenvalue weighted by molar-refractivity contribution is -0.140. The fraction of sp³-hybridized carbons (Fsp3) is 0.333. The summed E-state index contributed by atoms with van der Waals surface area (Å²) in [5, 5.41) is 2.89. The van der Waals surface area contributed by atoms with Gasteiger partial charge in [-0.2, -0.15) is 0 Å². The van der Waals surface area contributed by atoms with Gasteiger partial charge >= 0.3 is 0 Å². The van der Waals surface area contributed by atoms with E-state index >= 15 is 0 Å². The van der Waals surface area contributed by atoms with Crippen molar-refractivity contribution in [3.05, 3.63) is 90.2 Å². The normalized spacial score (nSPS) is 12.1. The van der Waals surface area contributed by atoms with Crippen LogP contribution < -0.4 is 14.4 Å². The van der Waals surface area contributed by atoms with Crippen molar-refractivity contribution in [3.63, 3.8) is 0 Å². The van der Waals surface area contributed by atoms with Crippen molar-refractivity contribution in [2.24, 2.45) is 5.92 Å². The van der Waals surface area contributed by atoms with Crippen molar-refractivity contribution in [2.45, 2.75) is 44.7 Å². The molecule has 1 atom stereocenters. The predicted octanol–water partition coefficient (Wildman–Crippen LogP) is 4.61. The SMILES string of the molecule is CCC(C(=O)NCC(C)C)N(Cc1ccccc1)C(=O)CN(c1ccc(F)cc1)S(=O)(=O)c1ccc(OC)cc1. The Morgan fingerprint density at radius 1 is 0.950 bits per heavy atom. The van der Waals surface area contributed by atoms with Gasteiger partial charge in [0.2, 0.25) is 11.8 Å². The summed E-state index contributed by atoms with van der Waals surface area (Å²) in [4.78, 5) is 28.5. The molecule has 0 aliphatic rings. The van der Waals surface area contributed by atoms with E-state index in [0.29, 0.717) is 18.7 Å². The fourth-order valence-electron chi connectivity index (χ4n) is 4.13. The van der Waals surface area contributed by atoms with Gasteiger partial charge in [-0.15, -0.1) is 0 Å². The molecule has 0 aliphatic carbocycles. The number of sulfonamides is 1. The molecule has 214 valence electrons. The zero-order valence-corrected chi connectivity index (χ0v) is 24.0. The van der Waals surface area contributed by atoms with Crippen LogP contribution in [0.15, 0.2) is 83.8 Å². The number of hydrogen-bond acceptors (Lipinski definition) is 5. The van der Waals surface area contributed by atoms with E-state index < -0.39 is 34.3 Å². The number of halogens is 1. The third-order valence-corrected chi connectivity index (χ3v) is 8.10. The Morgan fingerprint density at radius 3 is 2.12 bits per heavy atom. The minimum atomic E-state index is -4.26. The van der Waals surface area contributed by atoms with Crippen LogP contribution in [0.2, 0.25) is 0 Å². The van der Waals surface area contributed by atoms with Gasteiger partial charge in [0.05, 0.1) is 17.7 Å². The van der Waals surface area contributed by atoms with E-state index in [4.69, 9.17) is 4.74 Å². The van der Waals surface area contributed by atoms with E-state index in [9.17, 15) is 22.4 Å². The molecule has 0 radical (unpaired) electrons. The van der Waals surface area contributed by atoms with Gasteiger partial charge in [0.25, 0.3) is 10.0 Å². The van der Waals surface area contributed by atoms with Crippen LogP contribution in [0.1, 0.15) is 32.8 Å². The van der Waals surface area contributed by atoms with E-state index in [1.807, 2.05) is 44.2 Å². The average Bonchev–Trinajstić information content (AvgIpc) is 2.95. The number of anilines is 1. The third kappa shape index (κ3) is 7.81. The second-order valence-electron chi connectivity index (χ2n) is 9.73. The lowest BCUT2D eigenvalue weighted by Gasteiger charge is -2.33. The molecule has 0 saturated carbocycles. The van der Waals surface area contributed by atoms with Crippen LogP contribution in [0, 0.1) is 11.7 Å². The second kappa shape index (κ2) is 13.9. The molecule has 3 rings (SSSR count). The van der Waals surface area contributed by atoms with E-state index in [1.165, 1.54) is 48.4 Å². The molecule has 40 heavy (non-hydrogen) atoms. The summed E-state index contributed by atoms with van der Waals surface area (Å²) in [5.74, 6) is -0.752. The fourth-order valence-corrected chi connectivity index (χ4v) is 5.55. The zero-order valence-electron chi connectivity index (χ0n) is 23.2. The standard InChI is InChI=1S/C30H36FN3O5S/c1-5-28(30(36)32-19-22(2)3)33(20-23-9-7-6-8-10-23)29(35)21-34(25-13-11-24(31)12-14-25)40(37,38)27-17-15-26(39-4)16-18-27/h6-18,22,28H,5,19-21H2,1-4H3,(H,32,36). The van der Waals surface area contributed by atoms with Gasteiger partial charge in [-0.05, 0) is 66.4 Å². The quantitative estimate of drug-likeness (QED) is 0.324. The number of rotatable bonds is 13. The van der Waals surface area contributed by atoms with Crippen LogP contribution >= 0.6 is 0 Å². The van der Waals surface area contributed by atoms with Gasteiger partial charge < -0.3 is 15.0 Å². The Kier molecular flexibility index (Phi) is 10.7. The Bertz CT molecular complexity index is 1360. The van der Waals surface area contributed by atoms with Gasteiger partial charge in [-0.25, -0.2) is 12.8 Å². The highest BCUT2D eigenvalue weighted by Crippen LogP contribution is 2.26. The Morgan fingerprint density at radius 2 is 1.57 bits per heavy atom. The first kappa shape index (κ1) is 30.6. The number of nitrogens with zero attached hydrogens (tertiary/aromatic N) is 2. The molecule has 0 aliphatic heterocycles. The van der Waals surface area contributed by atoms with Crippen LogP contribution in [0.5, 0.6) is 5.75 Å². The lowest BCUT2D eigenvalue weighted by Crippen LogP contribution is -2.52. The molecular formula is C30H36FN3O5S. The van der Waals surface area contributed by atoms with Gasteiger partial charge in [0.1, 0.15) is 24.2 Å². The maximum atomic E-state index is 14.0. The minimum absolute atomic E-state index is 0.0678. The number of carbonyl (C=O) groups excluding carboxylic acids is 2. The summed E-state index contributed by atoms with van der Waals surface area (Å²) in [7, 11) is -2.79. The maximum absolute atomic E-state index is 14.0. The second-order valence-corrected chi connectivity index (χ2v) is 11.6. The molecule has 0 aromatic heterocycles. The average molecular weight is 570 g/mol. The zero-order chi connectivity index (χ0) is 29.3. The monoisotopic (exact) mass is 569 g/mol. The first-order chi connectivity index (χ1) is 19.1. The Balaban J connectivity index is 2.02. The largest absolute Gasteiger partial charge is 0.497 e. The summed E-state index contributed by atoms with van der Waals surface area (Å²) < 4.78 is 47.5. The molecule has 0 bridgehead atoms. The molecule has 10 heteroatoms. The van der Waals surface area contributed by atoms with E-state index in [1.54, 1.807) is 6.92 Å². The van der Waals surface area contributed by atoms with Crippen molar-refractivity contribution >= 4 is 27.5 Å². The lowest BCUT2D eigenvalue weighted by atomic mass is 10.1. The topological polar surface area (TPSA) is 96.0 Å². The molecule has 0 spiro atoms. The number of benzene rings is 3. The van der Waals surface area contributed by atoms with Gasteiger partial charge in [-0.1, -0.05) is 51.1 Å². The highest BCUT2D eigenvalue weighted by Gasteiger charge is 2.33. The summed E-state index contributed by atoms with van der Waals surface area (Å²) in [6, 6.07) is 19.0. The van der Waals surface area contributed by atoms with Crippen molar-refractivity contribution in [3.8, 4) is 5.75 Å². The summed E-state index contributed by atoms with van der Waals surface area (Å²) in [6.07, 6.45) is 0.324. The van der Waals surface area contributed by atoms with Crippen LogP contribution in [-0.2, 0) is 26.2 Å². The van der Waals surface area contributed by atoms with Crippen LogP contribution in [0.3, 0.4) is 0 Å². The molecule has 0 saturated heterocycles. The minimum Gasteiger partial charge on any atom is -0.497 e. The number of ether oxygens (including phenoxy) is 1. The smallest absolute Gasteiger partial charge is 0.264 e. The van der Waals surface area contributed by atoms with E-state index in [0.717, 1.165) is 22.0 Å². The number of methoxy groups -OCH3 is 1. The van der Waals surface area contributed by atoms with E-state index in [-0.39, 0.29) is 29.0 Å². The molecule has 0 fully saturated rings. The van der Waals surface area contributed by atoms with Crippen molar-refractivity contribution in [1.29, 1.82) is 0 Å². The van der Waals surface area contributed by atoms with Crippen LogP contribution in [0.25, 0.3) is 0 Å². The molecule has 8 nitrogen and oxygen atoms in total. The number of hydrogen-bond donors (Lipinski definition) is 1. The Labute approximate surface area is 235 Å². The van der Waals surface area contributed by atoms with Crippen LogP contribution in [0.4, 0.5) is 10.1 Å². The molecule has 0 heterocycles. The number of nitrogens with one attached hydrogen (secondary N) is 1. The van der Waals surface area contributed by atoms with Gasteiger partial charge in [-0.3, -0.25) is 13.9 Å². The highest BCUT2D eigenvalue weighted by molar-refractivity contribution is 7.92. The number of amides is 2. The summed E-state index contributed by atoms with van der Waals surface area (Å²) in [5.41, 5.74) is 0.903. The first-order valence-corrected chi connectivity index (χ1v) is 14.5. The van der Waals surface area contributed by atoms with Crippen molar-refractivity contribution in [1.82, 2.24) is 10.2 Å². The molecule has 2 amide bonds. The van der Waals surface area contributed by atoms with Gasteiger partial charge in [0, 0.05) is 13.1 Å². The Hall–Kier alpha value is -3.92. The molecule has 3 aromatic carbocycles. The molecule has 1 unspecified atom stereocenters. The first-order valence-electron chi connectivity index (χ1n) is 13.1. The van der Waals surface area contributed by atoms with Crippen molar-refractivity contribution in [2.75, 3.05) is 24.5 Å². The molecular weight excluding hydrogens is 533 g/mol. The van der Waals surface area contributed by atoms with E-state index in [2.05, 4.69) is 5.32 Å². The predicted molar refractivity (Wildman–Crippen MR) is 153 cm³/mol. The van der Waals surface area contributed by atoms with Gasteiger partial charge in [0.15, 0.2) is 0 Å². The molecule has 1 N–H and O–H groups in total. The summed E-state index contributed by atoms with van der Waals surface area (Å²) >= 11 is 0. The van der Waals surface area contributed by atoms with Crippen LogP contribution in [-0.4, -0.2) is 51.4 Å².